The van der Waals surface area contributed by atoms with Gasteiger partial charge in [0.2, 0.25) is 5.91 Å². The first-order valence-corrected chi connectivity index (χ1v) is 8.30. The number of aliphatic hydroxyl groups excluding tert-OH is 1. The van der Waals surface area contributed by atoms with Gasteiger partial charge in [-0.05, 0) is 31.0 Å². The molecule has 1 aliphatic carbocycles. The van der Waals surface area contributed by atoms with Crippen molar-refractivity contribution in [2.45, 2.75) is 44.2 Å². The minimum Gasteiger partial charge on any atom is -0.481 e. The molecule has 1 heterocycles. The highest BCUT2D eigenvalue weighted by Gasteiger charge is 2.35. The minimum absolute atomic E-state index is 0.101. The predicted octanol–water partition coefficient (Wildman–Crippen LogP) is 0.0907. The van der Waals surface area contributed by atoms with Crippen LogP contribution in [0.1, 0.15) is 37.3 Å². The zero-order chi connectivity index (χ0) is 20.1. The van der Waals surface area contributed by atoms with E-state index < -0.39 is 23.8 Å². The van der Waals surface area contributed by atoms with Crippen LogP contribution in [0, 0.1) is 5.82 Å². The molecule has 27 heavy (non-hydrogen) atoms. The number of nitrogens with zero attached hydrogens (tertiary/aromatic N) is 3. The largest absolute Gasteiger partial charge is 0.481 e. The first-order valence-electron chi connectivity index (χ1n) is 8.30. The van der Waals surface area contributed by atoms with Crippen LogP contribution in [0.15, 0.2) is 24.3 Å². The topological polar surface area (TPSA) is 157 Å². The Hall–Kier alpha value is -2.85. The van der Waals surface area contributed by atoms with E-state index in [0.29, 0.717) is 24.4 Å². The molecule has 10 heteroatoms. The molecule has 1 amide bonds. The summed E-state index contributed by atoms with van der Waals surface area (Å²) in [5, 5.41) is 21.6. The van der Waals surface area contributed by atoms with Crippen LogP contribution in [0.2, 0.25) is 0 Å². The Balaban J connectivity index is 0.000000596. The molecule has 3 rings (SSSR count). The summed E-state index contributed by atoms with van der Waals surface area (Å²) in [5.41, 5.74) is 11.6. The van der Waals surface area contributed by atoms with Crippen LogP contribution in [0.3, 0.4) is 0 Å². The zero-order valence-corrected chi connectivity index (χ0v) is 14.7. The molecule has 1 aliphatic rings. The van der Waals surface area contributed by atoms with Gasteiger partial charge in [0.1, 0.15) is 11.6 Å². The van der Waals surface area contributed by atoms with E-state index in [1.165, 1.54) is 16.8 Å². The van der Waals surface area contributed by atoms with Crippen LogP contribution in [0.5, 0.6) is 0 Å². The van der Waals surface area contributed by atoms with Gasteiger partial charge in [-0.1, -0.05) is 6.07 Å². The molecule has 0 spiro atoms. The standard InChI is InChI=1S/C15H18FN5O2.C2H4O2/c16-9-2-1-3-10(6-9)21-15(8-4-11(17)12(22)5-8)19-14(20-21)7-13(18)23;1-2(3)4/h1-3,6,8,11-12,22H,4-5,7,17H2,(H2,18,23);1H3,(H,3,4)/t8-,11-,12-;/m0./s1. The number of halogens is 1. The number of rotatable bonds is 4. The maximum Gasteiger partial charge on any atom is 0.300 e. The Morgan fingerprint density at radius 3 is 2.56 bits per heavy atom. The van der Waals surface area contributed by atoms with Crippen LogP contribution in [0.25, 0.3) is 5.69 Å². The number of carboxylic acid groups (broad SMARTS) is 1. The minimum atomic E-state index is -0.833. The van der Waals surface area contributed by atoms with Gasteiger partial charge in [0.25, 0.3) is 5.97 Å². The number of carbonyl (C=O) groups is 2. The number of carboxylic acids is 1. The fourth-order valence-corrected chi connectivity index (χ4v) is 2.92. The SMILES string of the molecule is CC(=O)O.NC(=O)Cc1nc([C@H]2C[C@H](N)[C@@H](O)C2)n(-c2cccc(F)c2)n1. The van der Waals surface area contributed by atoms with Gasteiger partial charge in [0.15, 0.2) is 5.82 Å². The fraction of sp³-hybridized carbons (Fsp3) is 0.412. The van der Waals surface area contributed by atoms with Crippen LogP contribution in [-0.2, 0) is 16.0 Å². The highest BCUT2D eigenvalue weighted by atomic mass is 19.1. The molecule has 0 unspecified atom stereocenters. The zero-order valence-electron chi connectivity index (χ0n) is 14.7. The number of aliphatic hydroxyl groups is 1. The first-order chi connectivity index (χ1) is 12.7. The lowest BCUT2D eigenvalue weighted by atomic mass is 10.1. The average Bonchev–Trinajstić information content (AvgIpc) is 3.10. The molecular formula is C17H22FN5O4. The third-order valence-corrected chi connectivity index (χ3v) is 4.00. The monoisotopic (exact) mass is 379 g/mol. The van der Waals surface area contributed by atoms with Crippen LogP contribution in [-0.4, -0.2) is 49.0 Å². The molecule has 146 valence electrons. The highest BCUT2D eigenvalue weighted by molar-refractivity contribution is 5.75. The predicted molar refractivity (Wildman–Crippen MR) is 93.5 cm³/mol. The van der Waals surface area contributed by atoms with Crippen molar-refractivity contribution < 1.29 is 24.2 Å². The average molecular weight is 379 g/mol. The number of aromatic nitrogens is 3. The van der Waals surface area contributed by atoms with E-state index >= 15 is 0 Å². The molecule has 0 saturated heterocycles. The lowest BCUT2D eigenvalue weighted by Gasteiger charge is -2.11. The second kappa shape index (κ2) is 8.69. The van der Waals surface area contributed by atoms with Gasteiger partial charge in [-0.2, -0.15) is 5.10 Å². The van der Waals surface area contributed by atoms with E-state index in [2.05, 4.69) is 10.1 Å². The Morgan fingerprint density at radius 2 is 2.04 bits per heavy atom. The number of amides is 1. The normalized spacial score (nSPS) is 21.4. The Labute approximate surface area is 154 Å². The number of carbonyl (C=O) groups excluding carboxylic acids is 1. The van der Waals surface area contributed by atoms with Gasteiger partial charge < -0.3 is 21.7 Å². The number of benzene rings is 1. The van der Waals surface area contributed by atoms with Crippen molar-refractivity contribution in [2.24, 2.45) is 11.5 Å². The van der Waals surface area contributed by atoms with Crippen molar-refractivity contribution >= 4 is 11.9 Å². The van der Waals surface area contributed by atoms with E-state index in [1.807, 2.05) is 0 Å². The molecule has 1 fully saturated rings. The molecule has 0 aliphatic heterocycles. The molecule has 0 bridgehead atoms. The van der Waals surface area contributed by atoms with Gasteiger partial charge in [0.05, 0.1) is 18.2 Å². The van der Waals surface area contributed by atoms with Gasteiger partial charge in [-0.15, -0.1) is 0 Å². The van der Waals surface area contributed by atoms with Gasteiger partial charge in [-0.25, -0.2) is 14.1 Å². The summed E-state index contributed by atoms with van der Waals surface area (Å²) in [4.78, 5) is 24.5. The first kappa shape index (κ1) is 20.5. The van der Waals surface area contributed by atoms with Crippen molar-refractivity contribution in [2.75, 3.05) is 0 Å². The second-order valence-electron chi connectivity index (χ2n) is 6.34. The summed E-state index contributed by atoms with van der Waals surface area (Å²) in [6.07, 6.45) is 0.282. The molecule has 1 aromatic heterocycles. The summed E-state index contributed by atoms with van der Waals surface area (Å²) in [7, 11) is 0. The van der Waals surface area contributed by atoms with Crippen molar-refractivity contribution in [1.29, 1.82) is 0 Å². The van der Waals surface area contributed by atoms with Crippen LogP contribution < -0.4 is 11.5 Å². The molecule has 0 radical (unpaired) electrons. The second-order valence-corrected chi connectivity index (χ2v) is 6.34. The Morgan fingerprint density at radius 1 is 1.37 bits per heavy atom. The quantitative estimate of drug-likeness (QED) is 0.586. The fourth-order valence-electron chi connectivity index (χ4n) is 2.92. The van der Waals surface area contributed by atoms with Gasteiger partial charge in [-0.3, -0.25) is 9.59 Å². The lowest BCUT2D eigenvalue weighted by molar-refractivity contribution is -0.134. The molecular weight excluding hydrogens is 357 g/mol. The number of primary amides is 1. The number of aliphatic carboxylic acids is 1. The molecule has 2 aromatic rings. The van der Waals surface area contributed by atoms with E-state index in [0.717, 1.165) is 6.92 Å². The summed E-state index contributed by atoms with van der Waals surface area (Å²) < 4.78 is 15.0. The van der Waals surface area contributed by atoms with Crippen LogP contribution >= 0.6 is 0 Å². The van der Waals surface area contributed by atoms with Gasteiger partial charge in [0, 0.05) is 18.9 Å². The van der Waals surface area contributed by atoms with Gasteiger partial charge >= 0.3 is 0 Å². The molecule has 1 saturated carbocycles. The summed E-state index contributed by atoms with van der Waals surface area (Å²) >= 11 is 0. The Bertz CT molecular complexity index is 811. The van der Waals surface area contributed by atoms with E-state index in [9.17, 15) is 14.3 Å². The number of hydrogen-bond acceptors (Lipinski definition) is 6. The van der Waals surface area contributed by atoms with E-state index in [4.69, 9.17) is 21.4 Å². The maximum absolute atomic E-state index is 13.5. The summed E-state index contributed by atoms with van der Waals surface area (Å²) in [6, 6.07) is 5.59. The van der Waals surface area contributed by atoms with Crippen molar-refractivity contribution in [3.05, 3.63) is 41.7 Å². The molecule has 9 nitrogen and oxygen atoms in total. The number of nitrogens with two attached hydrogens (primary N) is 2. The van der Waals surface area contributed by atoms with E-state index in [1.54, 1.807) is 12.1 Å². The third-order valence-electron chi connectivity index (χ3n) is 4.00. The molecule has 1 aromatic carbocycles. The maximum atomic E-state index is 13.5. The van der Waals surface area contributed by atoms with Crippen molar-refractivity contribution in [1.82, 2.24) is 14.8 Å². The smallest absolute Gasteiger partial charge is 0.300 e. The summed E-state index contributed by atoms with van der Waals surface area (Å²) in [6.45, 7) is 1.08. The highest BCUT2D eigenvalue weighted by Crippen LogP contribution is 2.34. The van der Waals surface area contributed by atoms with Crippen molar-refractivity contribution in [3.8, 4) is 5.69 Å². The van der Waals surface area contributed by atoms with Crippen molar-refractivity contribution in [3.63, 3.8) is 0 Å². The third kappa shape index (κ3) is 5.56. The Kier molecular flexibility index (Phi) is 6.59. The lowest BCUT2D eigenvalue weighted by Crippen LogP contribution is -2.28. The molecule has 6 N–H and O–H groups in total. The number of hydrogen-bond donors (Lipinski definition) is 4. The summed E-state index contributed by atoms with van der Waals surface area (Å²) in [5.74, 6) is -1.07. The molecule has 3 atom stereocenters. The van der Waals surface area contributed by atoms with E-state index in [-0.39, 0.29) is 24.2 Å². The van der Waals surface area contributed by atoms with Crippen LogP contribution in [0.4, 0.5) is 4.39 Å².